The maximum atomic E-state index is 10.5. The summed E-state index contributed by atoms with van der Waals surface area (Å²) in [7, 11) is 3.23. The van der Waals surface area contributed by atoms with Crippen molar-refractivity contribution in [2.24, 2.45) is 0 Å². The van der Waals surface area contributed by atoms with E-state index < -0.39 is 6.10 Å². The number of aliphatic hydroxyl groups is 1. The lowest BCUT2D eigenvalue weighted by molar-refractivity contribution is 0.0234. The van der Waals surface area contributed by atoms with Crippen LogP contribution in [0.2, 0.25) is 0 Å². The predicted octanol–water partition coefficient (Wildman–Crippen LogP) is 4.34. The second kappa shape index (κ2) is 9.66. The van der Waals surface area contributed by atoms with E-state index in [0.717, 1.165) is 31.4 Å². The molecule has 0 aliphatic heterocycles. The highest BCUT2D eigenvalue weighted by Gasteiger charge is 2.21. The molecule has 2 unspecified atom stereocenters. The third kappa shape index (κ3) is 5.61. The molecule has 1 fully saturated rings. The van der Waals surface area contributed by atoms with Crippen LogP contribution in [-0.4, -0.2) is 31.5 Å². The molecule has 0 saturated heterocycles. The summed E-state index contributed by atoms with van der Waals surface area (Å²) in [6.07, 6.45) is 9.67. The van der Waals surface area contributed by atoms with Crippen molar-refractivity contribution >= 4 is 0 Å². The van der Waals surface area contributed by atoms with Gasteiger partial charge in [0.1, 0.15) is 11.9 Å². The van der Waals surface area contributed by atoms with Crippen molar-refractivity contribution < 1.29 is 19.3 Å². The fourth-order valence-electron chi connectivity index (χ4n) is 3.16. The van der Waals surface area contributed by atoms with Crippen molar-refractivity contribution in [2.75, 3.05) is 14.2 Å². The summed E-state index contributed by atoms with van der Waals surface area (Å²) in [5.41, 5.74) is 0. The van der Waals surface area contributed by atoms with Gasteiger partial charge in [-0.15, -0.1) is 0 Å². The van der Waals surface area contributed by atoms with E-state index in [9.17, 15) is 5.11 Å². The highest BCUT2D eigenvalue weighted by Crippen LogP contribution is 2.32. The van der Waals surface area contributed by atoms with E-state index in [1.807, 2.05) is 18.2 Å². The van der Waals surface area contributed by atoms with E-state index >= 15 is 0 Å². The Kier molecular flexibility index (Phi) is 7.53. The Bertz CT molecular complexity index is 461. The quantitative estimate of drug-likeness (QED) is 0.896. The molecule has 1 aromatic carbocycles. The molecule has 2 rings (SSSR count). The van der Waals surface area contributed by atoms with Crippen LogP contribution in [0.4, 0.5) is 0 Å². The molecule has 0 aromatic heterocycles. The third-order valence-electron chi connectivity index (χ3n) is 4.56. The minimum absolute atomic E-state index is 0.147. The van der Waals surface area contributed by atoms with Crippen LogP contribution < -0.4 is 14.2 Å². The Hall–Kier alpha value is -1.42. The molecular formula is C19H30O4. The van der Waals surface area contributed by atoms with Gasteiger partial charge in [-0.25, -0.2) is 0 Å². The number of aliphatic hydroxyl groups excluding tert-OH is 1. The standard InChI is InChI=1S/C19H30O4/c1-21-18-13-12-15(14-19(18)22-2)23-17-11-9-7-5-3-4-6-8-10-16(17)20/h12-14,16-17,20H,3-11H2,1-2H3. The molecule has 1 aliphatic rings. The van der Waals surface area contributed by atoms with Gasteiger partial charge >= 0.3 is 0 Å². The average molecular weight is 322 g/mol. The number of hydrogen-bond donors (Lipinski definition) is 1. The van der Waals surface area contributed by atoms with Crippen LogP contribution in [0.3, 0.4) is 0 Å². The van der Waals surface area contributed by atoms with Gasteiger partial charge in [-0.05, 0) is 31.4 Å². The van der Waals surface area contributed by atoms with Gasteiger partial charge in [0.25, 0.3) is 0 Å². The minimum Gasteiger partial charge on any atom is -0.493 e. The van der Waals surface area contributed by atoms with Gasteiger partial charge in [0.2, 0.25) is 0 Å². The Labute approximate surface area is 139 Å². The number of methoxy groups -OCH3 is 2. The lowest BCUT2D eigenvalue weighted by Crippen LogP contribution is -2.31. The van der Waals surface area contributed by atoms with Crippen molar-refractivity contribution in [1.82, 2.24) is 0 Å². The summed E-state index contributed by atoms with van der Waals surface area (Å²) in [6, 6.07) is 5.54. The van der Waals surface area contributed by atoms with Crippen LogP contribution in [0.15, 0.2) is 18.2 Å². The first-order valence-corrected chi connectivity index (χ1v) is 8.81. The average Bonchev–Trinajstić information content (AvgIpc) is 2.62. The Morgan fingerprint density at radius 2 is 1.43 bits per heavy atom. The van der Waals surface area contributed by atoms with E-state index in [2.05, 4.69) is 0 Å². The van der Waals surface area contributed by atoms with Crippen LogP contribution in [-0.2, 0) is 0 Å². The van der Waals surface area contributed by atoms with Crippen molar-refractivity contribution in [3.63, 3.8) is 0 Å². The monoisotopic (exact) mass is 322 g/mol. The molecule has 4 heteroatoms. The molecule has 0 radical (unpaired) electrons. The SMILES string of the molecule is COc1ccc(OC2CCCCCCCCCC2O)cc1OC. The lowest BCUT2D eigenvalue weighted by Gasteiger charge is -2.24. The Balaban J connectivity index is 2.04. The lowest BCUT2D eigenvalue weighted by atomic mass is 10.0. The molecule has 1 N–H and O–H groups in total. The molecule has 1 aromatic rings. The summed E-state index contributed by atoms with van der Waals surface area (Å²) in [4.78, 5) is 0. The number of hydrogen-bond acceptors (Lipinski definition) is 4. The molecular weight excluding hydrogens is 292 g/mol. The summed E-state index contributed by atoms with van der Waals surface area (Å²) in [5.74, 6) is 2.06. The summed E-state index contributed by atoms with van der Waals surface area (Å²) >= 11 is 0. The van der Waals surface area contributed by atoms with Gasteiger partial charge in [0, 0.05) is 6.07 Å². The zero-order chi connectivity index (χ0) is 16.5. The van der Waals surface area contributed by atoms with Gasteiger partial charge in [-0.2, -0.15) is 0 Å². The second-order valence-corrected chi connectivity index (χ2v) is 6.29. The molecule has 23 heavy (non-hydrogen) atoms. The molecule has 0 spiro atoms. The fraction of sp³-hybridized carbons (Fsp3) is 0.684. The van der Waals surface area contributed by atoms with E-state index in [4.69, 9.17) is 14.2 Å². The maximum Gasteiger partial charge on any atom is 0.164 e. The largest absolute Gasteiger partial charge is 0.493 e. The molecule has 0 bridgehead atoms. The van der Waals surface area contributed by atoms with E-state index in [1.54, 1.807) is 14.2 Å². The van der Waals surface area contributed by atoms with E-state index in [0.29, 0.717) is 11.5 Å². The van der Waals surface area contributed by atoms with Crippen LogP contribution in [0, 0.1) is 0 Å². The normalized spacial score (nSPS) is 23.6. The molecule has 4 nitrogen and oxygen atoms in total. The molecule has 130 valence electrons. The van der Waals surface area contributed by atoms with Gasteiger partial charge < -0.3 is 19.3 Å². The van der Waals surface area contributed by atoms with Crippen LogP contribution in [0.25, 0.3) is 0 Å². The zero-order valence-corrected chi connectivity index (χ0v) is 14.4. The highest BCUT2D eigenvalue weighted by atomic mass is 16.5. The van der Waals surface area contributed by atoms with Crippen molar-refractivity contribution in [3.8, 4) is 17.2 Å². The van der Waals surface area contributed by atoms with Gasteiger partial charge in [-0.3, -0.25) is 0 Å². The summed E-state index contributed by atoms with van der Waals surface area (Å²) in [5, 5.41) is 10.5. The highest BCUT2D eigenvalue weighted by molar-refractivity contribution is 5.45. The molecule has 2 atom stereocenters. The Morgan fingerprint density at radius 1 is 0.826 bits per heavy atom. The molecule has 1 saturated carbocycles. The number of benzene rings is 1. The number of ether oxygens (including phenoxy) is 3. The maximum absolute atomic E-state index is 10.5. The molecule has 1 aliphatic carbocycles. The molecule has 0 amide bonds. The smallest absolute Gasteiger partial charge is 0.164 e. The third-order valence-corrected chi connectivity index (χ3v) is 4.56. The topological polar surface area (TPSA) is 47.9 Å². The van der Waals surface area contributed by atoms with Crippen LogP contribution in [0.1, 0.15) is 57.8 Å². The second-order valence-electron chi connectivity index (χ2n) is 6.29. The summed E-state index contributed by atoms with van der Waals surface area (Å²) < 4.78 is 16.7. The molecule has 0 heterocycles. The van der Waals surface area contributed by atoms with Crippen LogP contribution in [0.5, 0.6) is 17.2 Å². The Morgan fingerprint density at radius 3 is 2.09 bits per heavy atom. The van der Waals surface area contributed by atoms with Crippen molar-refractivity contribution in [1.29, 1.82) is 0 Å². The summed E-state index contributed by atoms with van der Waals surface area (Å²) in [6.45, 7) is 0. The van der Waals surface area contributed by atoms with E-state index in [1.165, 1.54) is 32.1 Å². The van der Waals surface area contributed by atoms with Crippen molar-refractivity contribution in [3.05, 3.63) is 18.2 Å². The first-order chi connectivity index (χ1) is 11.2. The zero-order valence-electron chi connectivity index (χ0n) is 14.4. The fourth-order valence-corrected chi connectivity index (χ4v) is 3.16. The first kappa shape index (κ1) is 17.9. The van der Waals surface area contributed by atoms with Crippen LogP contribution >= 0.6 is 0 Å². The van der Waals surface area contributed by atoms with Gasteiger partial charge in [0.15, 0.2) is 11.5 Å². The van der Waals surface area contributed by atoms with Gasteiger partial charge in [-0.1, -0.05) is 38.5 Å². The first-order valence-electron chi connectivity index (χ1n) is 8.81. The number of rotatable bonds is 4. The minimum atomic E-state index is -0.402. The van der Waals surface area contributed by atoms with E-state index in [-0.39, 0.29) is 6.10 Å². The predicted molar refractivity (Wildman–Crippen MR) is 91.5 cm³/mol. The van der Waals surface area contributed by atoms with Crippen molar-refractivity contribution in [2.45, 2.75) is 70.0 Å². The van der Waals surface area contributed by atoms with Gasteiger partial charge in [0.05, 0.1) is 20.3 Å².